The average Bonchev–Trinajstić information content (AvgIpc) is 2.29. The Balaban J connectivity index is 2.57. The van der Waals surface area contributed by atoms with E-state index in [0.717, 1.165) is 0 Å². The maximum atomic E-state index is 11.8. The van der Waals surface area contributed by atoms with Crippen LogP contribution >= 0.6 is 12.6 Å². The molecule has 1 heterocycles. The summed E-state index contributed by atoms with van der Waals surface area (Å²) in [5, 5.41) is 5.07. The largest absolute Gasteiger partial charge is 0.464 e. The molecule has 6 heteroatoms. The Morgan fingerprint density at radius 3 is 2.94 bits per heavy atom. The minimum absolute atomic E-state index is 0.293. The predicted octanol–water partition coefficient (Wildman–Crippen LogP) is 0.353. The summed E-state index contributed by atoms with van der Waals surface area (Å²) in [6, 6.07) is -0.671. The van der Waals surface area contributed by atoms with E-state index in [-0.39, 0.29) is 11.3 Å². The molecule has 0 aromatic rings. The molecule has 2 unspecified atom stereocenters. The number of dihydropyridines is 1. The van der Waals surface area contributed by atoms with Crippen molar-refractivity contribution in [3.05, 3.63) is 23.9 Å². The van der Waals surface area contributed by atoms with Crippen LogP contribution in [0.1, 0.15) is 13.8 Å². The molecule has 5 nitrogen and oxygen atoms in total. The van der Waals surface area contributed by atoms with E-state index in [9.17, 15) is 9.59 Å². The molecule has 0 aromatic heterocycles. The van der Waals surface area contributed by atoms with Crippen molar-refractivity contribution in [2.75, 3.05) is 6.61 Å². The average molecular weight is 256 g/mol. The van der Waals surface area contributed by atoms with E-state index >= 15 is 0 Å². The zero-order chi connectivity index (χ0) is 12.8. The quantitative estimate of drug-likeness (QED) is 0.502. The Hall–Kier alpha value is -1.43. The Morgan fingerprint density at radius 1 is 1.65 bits per heavy atom. The van der Waals surface area contributed by atoms with E-state index in [2.05, 4.69) is 23.3 Å². The van der Waals surface area contributed by atoms with Gasteiger partial charge in [-0.25, -0.2) is 4.79 Å². The van der Waals surface area contributed by atoms with Crippen molar-refractivity contribution < 1.29 is 14.3 Å². The second-order valence-corrected chi connectivity index (χ2v) is 4.01. The van der Waals surface area contributed by atoms with Crippen LogP contribution in [-0.4, -0.2) is 29.9 Å². The van der Waals surface area contributed by atoms with Gasteiger partial charge in [-0.1, -0.05) is 0 Å². The first-order valence-corrected chi connectivity index (χ1v) is 5.86. The fourth-order valence-electron chi connectivity index (χ4n) is 1.29. The Kier molecular flexibility index (Phi) is 5.09. The van der Waals surface area contributed by atoms with Crippen molar-refractivity contribution in [2.24, 2.45) is 0 Å². The summed E-state index contributed by atoms with van der Waals surface area (Å²) in [4.78, 5) is 23.2. The van der Waals surface area contributed by atoms with Crippen LogP contribution in [0.5, 0.6) is 0 Å². The summed E-state index contributed by atoms with van der Waals surface area (Å²) in [7, 11) is 0. The first-order valence-electron chi connectivity index (χ1n) is 5.34. The number of ether oxygens (including phenoxy) is 1. The van der Waals surface area contributed by atoms with Crippen LogP contribution in [-0.2, 0) is 14.3 Å². The van der Waals surface area contributed by atoms with Gasteiger partial charge in [-0.15, -0.1) is 12.6 Å². The van der Waals surface area contributed by atoms with Crippen molar-refractivity contribution >= 4 is 24.5 Å². The van der Waals surface area contributed by atoms with Crippen molar-refractivity contribution in [1.29, 1.82) is 0 Å². The molecule has 0 saturated heterocycles. The standard InChI is InChI=1S/C11H16N2O3S/c1-3-16-11(15)7(2)13-9(14)8-5-4-6-12-10(8)17/h4-7,10,12,17H,3H2,1-2H3,(H,13,14). The third-order valence-corrected chi connectivity index (χ3v) is 2.60. The first kappa shape index (κ1) is 13.6. The van der Waals surface area contributed by atoms with Crippen molar-refractivity contribution in [2.45, 2.75) is 25.3 Å². The van der Waals surface area contributed by atoms with Gasteiger partial charge in [0, 0.05) is 5.57 Å². The van der Waals surface area contributed by atoms with Gasteiger partial charge >= 0.3 is 5.97 Å². The third-order valence-electron chi connectivity index (χ3n) is 2.17. The van der Waals surface area contributed by atoms with Crippen LogP contribution < -0.4 is 10.6 Å². The highest BCUT2D eigenvalue weighted by atomic mass is 32.1. The lowest BCUT2D eigenvalue weighted by Crippen LogP contribution is -2.43. The van der Waals surface area contributed by atoms with Gasteiger partial charge < -0.3 is 15.4 Å². The normalized spacial score (nSPS) is 19.9. The molecular weight excluding hydrogens is 240 g/mol. The van der Waals surface area contributed by atoms with E-state index in [1.54, 1.807) is 32.2 Å². The van der Waals surface area contributed by atoms with E-state index in [1.807, 2.05) is 0 Å². The van der Waals surface area contributed by atoms with Crippen molar-refractivity contribution in [3.8, 4) is 0 Å². The fraction of sp³-hybridized carbons (Fsp3) is 0.455. The lowest BCUT2D eigenvalue weighted by Gasteiger charge is -2.19. The molecular formula is C11H16N2O3S. The Morgan fingerprint density at radius 2 is 2.35 bits per heavy atom. The summed E-state index contributed by atoms with van der Waals surface area (Å²) >= 11 is 4.20. The molecule has 0 fully saturated rings. The van der Waals surface area contributed by atoms with Crippen LogP contribution in [0.4, 0.5) is 0 Å². The van der Waals surface area contributed by atoms with Crippen LogP contribution in [0.2, 0.25) is 0 Å². The number of hydrogen-bond acceptors (Lipinski definition) is 5. The van der Waals surface area contributed by atoms with Gasteiger partial charge in [0.25, 0.3) is 5.91 Å². The molecule has 0 aromatic carbocycles. The monoisotopic (exact) mass is 256 g/mol. The molecule has 1 aliphatic rings. The number of hydrogen-bond donors (Lipinski definition) is 3. The lowest BCUT2D eigenvalue weighted by atomic mass is 10.1. The SMILES string of the molecule is CCOC(=O)C(C)NC(=O)C1=CC=CNC1S. The van der Waals surface area contributed by atoms with Crippen LogP contribution in [0.25, 0.3) is 0 Å². The maximum absolute atomic E-state index is 11.8. The molecule has 0 aliphatic carbocycles. The zero-order valence-electron chi connectivity index (χ0n) is 9.77. The summed E-state index contributed by atoms with van der Waals surface area (Å²) in [6.07, 6.45) is 5.06. The van der Waals surface area contributed by atoms with E-state index < -0.39 is 12.0 Å². The van der Waals surface area contributed by atoms with E-state index in [4.69, 9.17) is 4.74 Å². The number of allylic oxidation sites excluding steroid dienone is 2. The molecule has 1 rings (SSSR count). The minimum atomic E-state index is -0.671. The second kappa shape index (κ2) is 6.34. The number of rotatable bonds is 4. The molecule has 1 aliphatic heterocycles. The number of amides is 1. The molecule has 0 saturated carbocycles. The van der Waals surface area contributed by atoms with Gasteiger partial charge in [-0.2, -0.15) is 0 Å². The minimum Gasteiger partial charge on any atom is -0.464 e. The van der Waals surface area contributed by atoms with E-state index in [0.29, 0.717) is 12.2 Å². The van der Waals surface area contributed by atoms with E-state index in [1.165, 1.54) is 0 Å². The van der Waals surface area contributed by atoms with Gasteiger partial charge in [0.05, 0.1) is 6.61 Å². The van der Waals surface area contributed by atoms with Gasteiger partial charge in [0.2, 0.25) is 0 Å². The Bertz CT molecular complexity index is 366. The number of carbonyl (C=O) groups is 2. The predicted molar refractivity (Wildman–Crippen MR) is 67.4 cm³/mol. The lowest BCUT2D eigenvalue weighted by molar-refractivity contribution is -0.146. The fourth-order valence-corrected chi connectivity index (χ4v) is 1.57. The number of thiol groups is 1. The summed E-state index contributed by atoms with van der Waals surface area (Å²) in [6.45, 7) is 3.59. The summed E-state index contributed by atoms with van der Waals surface area (Å²) in [5.41, 5.74) is 0.465. The van der Waals surface area contributed by atoms with Gasteiger partial charge in [-0.05, 0) is 32.2 Å². The molecule has 0 radical (unpaired) electrons. The smallest absolute Gasteiger partial charge is 0.328 e. The van der Waals surface area contributed by atoms with Gasteiger partial charge in [-0.3, -0.25) is 4.79 Å². The molecule has 0 spiro atoms. The van der Waals surface area contributed by atoms with Gasteiger partial charge in [0.1, 0.15) is 11.4 Å². The molecule has 17 heavy (non-hydrogen) atoms. The molecule has 1 amide bonds. The zero-order valence-corrected chi connectivity index (χ0v) is 10.7. The molecule has 94 valence electrons. The summed E-state index contributed by atoms with van der Waals surface area (Å²) < 4.78 is 4.80. The number of esters is 1. The van der Waals surface area contributed by atoms with Crippen LogP contribution in [0.3, 0.4) is 0 Å². The second-order valence-electron chi connectivity index (χ2n) is 3.50. The van der Waals surface area contributed by atoms with Gasteiger partial charge in [0.15, 0.2) is 0 Å². The topological polar surface area (TPSA) is 67.4 Å². The molecule has 2 N–H and O–H groups in total. The first-order chi connectivity index (χ1) is 8.06. The third kappa shape index (κ3) is 3.81. The van der Waals surface area contributed by atoms with Crippen molar-refractivity contribution in [3.63, 3.8) is 0 Å². The van der Waals surface area contributed by atoms with Crippen LogP contribution in [0, 0.1) is 0 Å². The van der Waals surface area contributed by atoms with Crippen molar-refractivity contribution in [1.82, 2.24) is 10.6 Å². The molecule has 2 atom stereocenters. The summed E-state index contributed by atoms with van der Waals surface area (Å²) in [5.74, 6) is -0.779. The highest BCUT2D eigenvalue weighted by Crippen LogP contribution is 2.11. The molecule has 0 bridgehead atoms. The number of carbonyl (C=O) groups excluding carboxylic acids is 2. The number of nitrogens with one attached hydrogen (secondary N) is 2. The Labute approximate surface area is 106 Å². The highest BCUT2D eigenvalue weighted by molar-refractivity contribution is 7.81. The highest BCUT2D eigenvalue weighted by Gasteiger charge is 2.22. The maximum Gasteiger partial charge on any atom is 0.328 e. The van der Waals surface area contributed by atoms with Crippen LogP contribution in [0.15, 0.2) is 23.9 Å².